The fourth-order valence-corrected chi connectivity index (χ4v) is 3.15. The van der Waals surface area contributed by atoms with Gasteiger partial charge in [-0.2, -0.15) is 0 Å². The smallest absolute Gasteiger partial charge is 0.256 e. The second-order valence-electron chi connectivity index (χ2n) is 6.44. The van der Waals surface area contributed by atoms with Crippen molar-refractivity contribution in [3.63, 3.8) is 0 Å². The number of amides is 1. The molecule has 0 atom stereocenters. The largest absolute Gasteiger partial charge is 0.339 e. The maximum atomic E-state index is 13.8. The molecule has 0 unspecified atom stereocenters. The highest BCUT2D eigenvalue weighted by Gasteiger charge is 2.31. The first kappa shape index (κ1) is 15.5. The number of benzene rings is 1. The molecule has 0 N–H and O–H groups in total. The van der Waals surface area contributed by atoms with Gasteiger partial charge in [-0.3, -0.25) is 4.79 Å². The van der Waals surface area contributed by atoms with Crippen LogP contribution < -0.4 is 0 Å². The minimum Gasteiger partial charge on any atom is -0.339 e. The second-order valence-corrected chi connectivity index (χ2v) is 7.35. The van der Waals surface area contributed by atoms with E-state index in [4.69, 9.17) is 0 Å². The molecule has 0 saturated heterocycles. The molecule has 110 valence electrons. The summed E-state index contributed by atoms with van der Waals surface area (Å²) >= 11 is 3.29. The maximum absolute atomic E-state index is 13.8. The summed E-state index contributed by atoms with van der Waals surface area (Å²) in [5.41, 5.74) is 0.508. The van der Waals surface area contributed by atoms with Crippen LogP contribution in [0.5, 0.6) is 0 Å². The fourth-order valence-electron chi connectivity index (χ4n) is 2.79. The molecule has 0 heterocycles. The van der Waals surface area contributed by atoms with E-state index >= 15 is 0 Å². The van der Waals surface area contributed by atoms with Gasteiger partial charge in [0.05, 0.1) is 5.56 Å². The molecule has 2 nitrogen and oxygen atoms in total. The summed E-state index contributed by atoms with van der Waals surface area (Å²) in [6.07, 6.45) is 4.20. The molecule has 0 radical (unpaired) electrons. The third-order valence-corrected chi connectivity index (χ3v) is 4.83. The highest BCUT2D eigenvalue weighted by Crippen LogP contribution is 2.37. The third-order valence-electron chi connectivity index (χ3n) is 4.34. The van der Waals surface area contributed by atoms with Gasteiger partial charge in [0.1, 0.15) is 5.82 Å². The first-order chi connectivity index (χ1) is 9.30. The van der Waals surface area contributed by atoms with Crippen molar-refractivity contribution in [2.45, 2.75) is 45.6 Å². The summed E-state index contributed by atoms with van der Waals surface area (Å²) < 4.78 is 14.5. The molecule has 2 rings (SSSR count). The first-order valence-electron chi connectivity index (χ1n) is 7.02. The summed E-state index contributed by atoms with van der Waals surface area (Å²) in [6.45, 7) is 4.53. The van der Waals surface area contributed by atoms with Crippen LogP contribution in [0.15, 0.2) is 22.7 Å². The summed E-state index contributed by atoms with van der Waals surface area (Å²) in [4.78, 5) is 14.2. The number of halogens is 2. The van der Waals surface area contributed by atoms with Gasteiger partial charge in [0.2, 0.25) is 0 Å². The van der Waals surface area contributed by atoms with Crippen LogP contribution in [0.1, 0.15) is 49.9 Å². The molecule has 1 aromatic rings. The van der Waals surface area contributed by atoms with E-state index in [9.17, 15) is 9.18 Å². The number of hydrogen-bond acceptors (Lipinski definition) is 1. The van der Waals surface area contributed by atoms with E-state index in [2.05, 4.69) is 29.8 Å². The van der Waals surface area contributed by atoms with Gasteiger partial charge in [0.15, 0.2) is 0 Å². The SMILES string of the molecule is CN(C(=O)c1cc(Br)ccc1F)C1CCC(C)(C)CC1. The molecule has 0 spiro atoms. The van der Waals surface area contributed by atoms with Crippen LogP contribution in [0.2, 0.25) is 0 Å². The van der Waals surface area contributed by atoms with Gasteiger partial charge in [-0.15, -0.1) is 0 Å². The molecule has 1 saturated carbocycles. The van der Waals surface area contributed by atoms with Crippen LogP contribution in [0.4, 0.5) is 4.39 Å². The van der Waals surface area contributed by atoms with Crippen LogP contribution >= 0.6 is 15.9 Å². The number of hydrogen-bond donors (Lipinski definition) is 0. The van der Waals surface area contributed by atoms with Gasteiger partial charge in [0, 0.05) is 17.6 Å². The standard InChI is InChI=1S/C16H21BrFNO/c1-16(2)8-6-12(7-9-16)19(3)15(20)13-10-11(17)4-5-14(13)18/h4-5,10,12H,6-9H2,1-3H3. The number of rotatable bonds is 2. The first-order valence-corrected chi connectivity index (χ1v) is 7.82. The number of carbonyl (C=O) groups is 1. The van der Waals surface area contributed by atoms with E-state index in [1.165, 1.54) is 6.07 Å². The van der Waals surface area contributed by atoms with E-state index < -0.39 is 5.82 Å². The normalized spacial score (nSPS) is 18.9. The van der Waals surface area contributed by atoms with Gasteiger partial charge >= 0.3 is 0 Å². The van der Waals surface area contributed by atoms with Gasteiger partial charge in [-0.25, -0.2) is 4.39 Å². The topological polar surface area (TPSA) is 20.3 Å². The number of carbonyl (C=O) groups excluding carboxylic acids is 1. The van der Waals surface area contributed by atoms with Crippen LogP contribution in [-0.2, 0) is 0 Å². The molecule has 1 amide bonds. The molecule has 1 aliphatic carbocycles. The van der Waals surface area contributed by atoms with Crippen molar-refractivity contribution in [3.8, 4) is 0 Å². The minimum absolute atomic E-state index is 0.145. The van der Waals surface area contributed by atoms with Crippen molar-refractivity contribution in [2.24, 2.45) is 5.41 Å². The van der Waals surface area contributed by atoms with Crippen LogP contribution in [0, 0.1) is 11.2 Å². The molecular weight excluding hydrogens is 321 g/mol. The van der Waals surface area contributed by atoms with E-state index in [1.54, 1.807) is 24.1 Å². The zero-order valence-electron chi connectivity index (χ0n) is 12.2. The Balaban J connectivity index is 2.11. The monoisotopic (exact) mass is 341 g/mol. The lowest BCUT2D eigenvalue weighted by Gasteiger charge is -2.38. The Labute approximate surface area is 128 Å². The lowest BCUT2D eigenvalue weighted by Crippen LogP contribution is -2.41. The highest BCUT2D eigenvalue weighted by molar-refractivity contribution is 9.10. The van der Waals surface area contributed by atoms with Gasteiger partial charge in [0.25, 0.3) is 5.91 Å². The molecule has 20 heavy (non-hydrogen) atoms. The predicted octanol–water partition coefficient (Wildman–Crippen LogP) is 4.63. The molecule has 0 aliphatic heterocycles. The second kappa shape index (κ2) is 5.84. The van der Waals surface area contributed by atoms with Gasteiger partial charge < -0.3 is 4.90 Å². The van der Waals surface area contributed by atoms with Crippen molar-refractivity contribution in [2.75, 3.05) is 7.05 Å². The molecular formula is C16H21BrFNO. The van der Waals surface area contributed by atoms with E-state index in [0.717, 1.165) is 30.2 Å². The van der Waals surface area contributed by atoms with E-state index in [0.29, 0.717) is 5.41 Å². The molecule has 0 bridgehead atoms. The van der Waals surface area contributed by atoms with Crippen LogP contribution in [-0.4, -0.2) is 23.9 Å². The Morgan fingerprint density at radius 1 is 1.35 bits per heavy atom. The zero-order valence-corrected chi connectivity index (χ0v) is 13.8. The van der Waals surface area contributed by atoms with Crippen molar-refractivity contribution in [3.05, 3.63) is 34.1 Å². The zero-order chi connectivity index (χ0) is 14.9. The molecule has 1 fully saturated rings. The van der Waals surface area contributed by atoms with Crippen molar-refractivity contribution < 1.29 is 9.18 Å². The van der Waals surface area contributed by atoms with Crippen molar-refractivity contribution >= 4 is 21.8 Å². The summed E-state index contributed by atoms with van der Waals surface area (Å²) in [7, 11) is 1.78. The predicted molar refractivity (Wildman–Crippen MR) is 82.2 cm³/mol. The van der Waals surface area contributed by atoms with Crippen LogP contribution in [0.25, 0.3) is 0 Å². The van der Waals surface area contributed by atoms with Crippen LogP contribution in [0.3, 0.4) is 0 Å². The van der Waals surface area contributed by atoms with Crippen molar-refractivity contribution in [1.82, 2.24) is 4.90 Å². The van der Waals surface area contributed by atoms with E-state index in [-0.39, 0.29) is 17.5 Å². The summed E-state index contributed by atoms with van der Waals surface area (Å²) in [6, 6.07) is 4.71. The fraction of sp³-hybridized carbons (Fsp3) is 0.562. The Bertz CT molecular complexity index is 505. The maximum Gasteiger partial charge on any atom is 0.256 e. The third kappa shape index (κ3) is 3.40. The quantitative estimate of drug-likeness (QED) is 0.767. The Morgan fingerprint density at radius 2 is 1.95 bits per heavy atom. The summed E-state index contributed by atoms with van der Waals surface area (Å²) in [5, 5.41) is 0. The molecule has 4 heteroatoms. The average molecular weight is 342 g/mol. The van der Waals surface area contributed by atoms with Crippen molar-refractivity contribution in [1.29, 1.82) is 0 Å². The molecule has 1 aliphatic rings. The number of nitrogens with zero attached hydrogens (tertiary/aromatic N) is 1. The Kier molecular flexibility index (Phi) is 4.52. The Morgan fingerprint density at radius 3 is 2.55 bits per heavy atom. The average Bonchev–Trinajstić information content (AvgIpc) is 2.40. The van der Waals surface area contributed by atoms with E-state index in [1.807, 2.05) is 0 Å². The minimum atomic E-state index is -0.457. The van der Waals surface area contributed by atoms with Gasteiger partial charge in [-0.1, -0.05) is 29.8 Å². The lowest BCUT2D eigenvalue weighted by molar-refractivity contribution is 0.0630. The summed E-state index contributed by atoms with van der Waals surface area (Å²) in [5.74, 6) is -0.685. The molecule has 1 aromatic carbocycles. The lowest BCUT2D eigenvalue weighted by atomic mass is 9.75. The Hall–Kier alpha value is -0.900. The van der Waals surface area contributed by atoms with Gasteiger partial charge in [-0.05, 0) is 49.3 Å². The molecule has 0 aromatic heterocycles. The highest BCUT2D eigenvalue weighted by atomic mass is 79.9.